The molecule has 0 N–H and O–H groups in total. The molecule has 0 saturated carbocycles. The molecule has 0 saturated heterocycles. The van der Waals surface area contributed by atoms with Crippen molar-refractivity contribution < 1.29 is 17.9 Å². The fraction of sp³-hybridized carbons (Fsp3) is 0.176. The first kappa shape index (κ1) is 17.7. The Morgan fingerprint density at radius 2 is 1.73 bits per heavy atom. The summed E-state index contributed by atoms with van der Waals surface area (Å²) < 4.78 is 30.2. The lowest BCUT2D eigenvalue weighted by Crippen LogP contribution is -2.07. The zero-order valence-electron chi connectivity index (χ0n) is 14.2. The van der Waals surface area contributed by atoms with E-state index in [1.165, 1.54) is 23.7 Å². The number of ether oxygens (including phenoxy) is 1. The highest BCUT2D eigenvalue weighted by atomic mass is 32.2. The minimum absolute atomic E-state index is 0.0157. The Morgan fingerprint density at radius 3 is 2.31 bits per heavy atom. The van der Waals surface area contributed by atoms with Crippen molar-refractivity contribution in [2.45, 2.75) is 18.4 Å². The maximum absolute atomic E-state index is 11.5. The molecule has 9 heteroatoms. The van der Waals surface area contributed by atoms with E-state index in [-0.39, 0.29) is 17.3 Å². The van der Waals surface area contributed by atoms with Crippen LogP contribution < -0.4 is 4.74 Å². The second-order valence-corrected chi connectivity index (χ2v) is 7.66. The van der Waals surface area contributed by atoms with Gasteiger partial charge >= 0.3 is 0 Å². The van der Waals surface area contributed by atoms with Gasteiger partial charge < -0.3 is 4.74 Å². The summed E-state index contributed by atoms with van der Waals surface area (Å²) in [5.41, 5.74) is 1.22. The van der Waals surface area contributed by atoms with E-state index < -0.39 is 9.84 Å². The molecule has 0 aliphatic rings. The molecular weight excluding hydrogens is 356 g/mol. The number of ketones is 1. The lowest BCUT2D eigenvalue weighted by atomic mass is 10.1. The van der Waals surface area contributed by atoms with Crippen molar-refractivity contribution in [3.8, 4) is 11.4 Å². The van der Waals surface area contributed by atoms with Crippen LogP contribution in [-0.2, 0) is 16.4 Å². The second kappa shape index (κ2) is 7.04. The van der Waals surface area contributed by atoms with E-state index in [1.54, 1.807) is 36.4 Å². The van der Waals surface area contributed by atoms with Gasteiger partial charge in [0.15, 0.2) is 21.4 Å². The normalized spacial score (nSPS) is 11.3. The topological polar surface area (TPSA) is 104 Å². The number of Topliss-reactive ketones (excluding diaryl/α,β-unsaturated/α-hetero) is 1. The predicted molar refractivity (Wildman–Crippen MR) is 93.0 cm³/mol. The highest BCUT2D eigenvalue weighted by Crippen LogP contribution is 2.16. The van der Waals surface area contributed by atoms with Gasteiger partial charge in [0, 0.05) is 11.8 Å². The third kappa shape index (κ3) is 3.94. The van der Waals surface area contributed by atoms with Crippen LogP contribution in [0.5, 0.6) is 5.75 Å². The highest BCUT2D eigenvalue weighted by Gasteiger charge is 2.12. The van der Waals surface area contributed by atoms with Gasteiger partial charge in [0.1, 0.15) is 12.4 Å². The second-order valence-electron chi connectivity index (χ2n) is 5.64. The van der Waals surface area contributed by atoms with Crippen molar-refractivity contribution >= 4 is 15.6 Å². The van der Waals surface area contributed by atoms with Crippen LogP contribution in [0.2, 0.25) is 0 Å². The number of carbonyl (C=O) groups is 1. The van der Waals surface area contributed by atoms with Gasteiger partial charge in [-0.15, -0.1) is 5.10 Å². The van der Waals surface area contributed by atoms with Crippen LogP contribution in [0.4, 0.5) is 0 Å². The van der Waals surface area contributed by atoms with Crippen LogP contribution in [0.1, 0.15) is 23.1 Å². The van der Waals surface area contributed by atoms with Crippen LogP contribution >= 0.6 is 0 Å². The van der Waals surface area contributed by atoms with E-state index in [1.807, 2.05) is 0 Å². The van der Waals surface area contributed by atoms with Gasteiger partial charge in [-0.1, -0.05) is 0 Å². The van der Waals surface area contributed by atoms with E-state index in [0.29, 0.717) is 22.8 Å². The van der Waals surface area contributed by atoms with Crippen LogP contribution in [0.25, 0.3) is 5.69 Å². The molecule has 0 bridgehead atoms. The van der Waals surface area contributed by atoms with Gasteiger partial charge in [-0.25, -0.2) is 8.42 Å². The Kier molecular flexibility index (Phi) is 4.81. The van der Waals surface area contributed by atoms with Crippen molar-refractivity contribution in [2.24, 2.45) is 0 Å². The Bertz CT molecular complexity index is 1030. The van der Waals surface area contributed by atoms with Crippen molar-refractivity contribution in [2.75, 3.05) is 6.26 Å². The van der Waals surface area contributed by atoms with E-state index in [2.05, 4.69) is 15.5 Å². The molecule has 0 aliphatic heterocycles. The van der Waals surface area contributed by atoms with Crippen molar-refractivity contribution in [1.29, 1.82) is 0 Å². The number of carbonyl (C=O) groups excluding carboxylic acids is 1. The summed E-state index contributed by atoms with van der Waals surface area (Å²) in [7, 11) is -3.26. The zero-order chi connectivity index (χ0) is 18.7. The lowest BCUT2D eigenvalue weighted by molar-refractivity contribution is 0.101. The number of benzene rings is 2. The maximum atomic E-state index is 11.5. The number of sulfone groups is 1. The molecule has 0 aliphatic carbocycles. The first-order valence-corrected chi connectivity index (χ1v) is 9.55. The third-order valence-electron chi connectivity index (χ3n) is 3.67. The predicted octanol–water partition coefficient (Wildman–Crippen LogP) is 1.85. The largest absolute Gasteiger partial charge is 0.486 e. The number of rotatable bonds is 6. The number of nitrogens with zero attached hydrogens (tertiary/aromatic N) is 4. The minimum Gasteiger partial charge on any atom is -0.486 e. The number of tetrazole rings is 1. The number of aromatic nitrogens is 4. The molecule has 0 atom stereocenters. The molecule has 1 heterocycles. The van der Waals surface area contributed by atoms with Crippen molar-refractivity contribution in [3.05, 3.63) is 59.9 Å². The summed E-state index contributed by atoms with van der Waals surface area (Å²) in [5.74, 6) is 1.02. The minimum atomic E-state index is -3.26. The van der Waals surface area contributed by atoms with E-state index in [4.69, 9.17) is 4.74 Å². The zero-order valence-corrected chi connectivity index (χ0v) is 15.0. The molecule has 0 unspecified atom stereocenters. The SMILES string of the molecule is CC(=O)c1ccc(OCc2nnnn2-c2ccc(S(C)(=O)=O)cc2)cc1. The van der Waals surface area contributed by atoms with Crippen LogP contribution in [0.15, 0.2) is 53.4 Å². The van der Waals surface area contributed by atoms with Gasteiger partial charge in [0.2, 0.25) is 0 Å². The molecule has 0 spiro atoms. The molecule has 26 heavy (non-hydrogen) atoms. The average Bonchev–Trinajstić information content (AvgIpc) is 3.08. The molecule has 134 valence electrons. The van der Waals surface area contributed by atoms with E-state index >= 15 is 0 Å². The first-order valence-electron chi connectivity index (χ1n) is 7.66. The first-order chi connectivity index (χ1) is 12.3. The van der Waals surface area contributed by atoms with Gasteiger partial charge in [-0.2, -0.15) is 4.68 Å². The average molecular weight is 372 g/mol. The smallest absolute Gasteiger partial charge is 0.194 e. The molecule has 0 radical (unpaired) electrons. The monoisotopic (exact) mass is 372 g/mol. The summed E-state index contributed by atoms with van der Waals surface area (Å²) >= 11 is 0. The number of hydrogen-bond donors (Lipinski definition) is 0. The summed E-state index contributed by atoms with van der Waals surface area (Å²) in [4.78, 5) is 11.5. The summed E-state index contributed by atoms with van der Waals surface area (Å²) in [5, 5.41) is 11.5. The van der Waals surface area contributed by atoms with E-state index in [0.717, 1.165) is 6.26 Å². The summed E-state index contributed by atoms with van der Waals surface area (Å²) in [6.45, 7) is 1.61. The Hall–Kier alpha value is -3.07. The fourth-order valence-corrected chi connectivity index (χ4v) is 2.90. The highest BCUT2D eigenvalue weighted by molar-refractivity contribution is 7.90. The third-order valence-corrected chi connectivity index (χ3v) is 4.80. The van der Waals surface area contributed by atoms with Gasteiger partial charge in [0.25, 0.3) is 0 Å². The molecule has 0 fully saturated rings. The van der Waals surface area contributed by atoms with Crippen molar-refractivity contribution in [1.82, 2.24) is 20.2 Å². The molecule has 3 aromatic rings. The van der Waals surface area contributed by atoms with Gasteiger partial charge in [-0.05, 0) is 65.9 Å². The number of hydrogen-bond acceptors (Lipinski definition) is 7. The molecular formula is C17H16N4O4S. The lowest BCUT2D eigenvalue weighted by Gasteiger charge is -2.08. The van der Waals surface area contributed by atoms with Gasteiger partial charge in [-0.3, -0.25) is 4.79 Å². The van der Waals surface area contributed by atoms with Crippen molar-refractivity contribution in [3.63, 3.8) is 0 Å². The standard InChI is InChI=1S/C17H16N4O4S/c1-12(22)13-3-7-15(8-4-13)25-11-17-18-19-20-21(17)14-5-9-16(10-6-14)26(2,23)24/h3-10H,11H2,1-2H3. The van der Waals surface area contributed by atoms with Crippen LogP contribution in [-0.4, -0.2) is 40.7 Å². The summed E-state index contributed by atoms with van der Waals surface area (Å²) in [6, 6.07) is 13.0. The molecule has 0 amide bonds. The Morgan fingerprint density at radius 1 is 1.08 bits per heavy atom. The molecule has 3 rings (SSSR count). The van der Waals surface area contributed by atoms with E-state index in [9.17, 15) is 13.2 Å². The molecule has 2 aromatic carbocycles. The fourth-order valence-electron chi connectivity index (χ4n) is 2.26. The Labute approximate surface area is 150 Å². The maximum Gasteiger partial charge on any atom is 0.194 e. The Balaban J connectivity index is 1.75. The molecule has 1 aromatic heterocycles. The van der Waals surface area contributed by atoms with Crippen LogP contribution in [0, 0.1) is 0 Å². The quantitative estimate of drug-likeness (QED) is 0.608. The van der Waals surface area contributed by atoms with Gasteiger partial charge in [0.05, 0.1) is 10.6 Å². The molecule has 8 nitrogen and oxygen atoms in total. The van der Waals surface area contributed by atoms with Crippen LogP contribution in [0.3, 0.4) is 0 Å². The summed E-state index contributed by atoms with van der Waals surface area (Å²) in [6.07, 6.45) is 1.15.